The zero-order valence-corrected chi connectivity index (χ0v) is 14.0. The SMILES string of the molecule is CCCOc1c[nH]c(CS(=O)CC(=O)c2ccc(F)cc2)cc1=O. The molecule has 0 saturated heterocycles. The summed E-state index contributed by atoms with van der Waals surface area (Å²) in [6.07, 6.45) is 2.23. The third-order valence-electron chi connectivity index (χ3n) is 3.17. The first-order valence-electron chi connectivity index (χ1n) is 7.47. The normalized spacial score (nSPS) is 11.9. The number of benzene rings is 1. The average molecular weight is 351 g/mol. The predicted octanol–water partition coefficient (Wildman–Crippen LogP) is 2.43. The number of hydrogen-bond donors (Lipinski definition) is 1. The second-order valence-corrected chi connectivity index (χ2v) is 6.65. The Balaban J connectivity index is 1.97. The summed E-state index contributed by atoms with van der Waals surface area (Å²) in [7, 11) is -1.48. The molecule has 2 aromatic rings. The van der Waals surface area contributed by atoms with Crippen molar-refractivity contribution >= 4 is 16.6 Å². The number of nitrogens with one attached hydrogen (secondary N) is 1. The van der Waals surface area contributed by atoms with Gasteiger partial charge < -0.3 is 9.72 Å². The average Bonchev–Trinajstić information content (AvgIpc) is 2.54. The number of Topliss-reactive ketones (excluding diaryl/α,β-unsaturated/α-hetero) is 1. The molecule has 1 atom stereocenters. The first-order chi connectivity index (χ1) is 11.5. The second-order valence-electron chi connectivity index (χ2n) is 5.19. The van der Waals surface area contributed by atoms with E-state index in [0.29, 0.717) is 17.9 Å². The second kappa shape index (κ2) is 8.54. The Morgan fingerprint density at radius 1 is 1.29 bits per heavy atom. The molecule has 0 radical (unpaired) electrons. The van der Waals surface area contributed by atoms with E-state index >= 15 is 0 Å². The van der Waals surface area contributed by atoms with Gasteiger partial charge in [-0.15, -0.1) is 0 Å². The Morgan fingerprint density at radius 2 is 2.00 bits per heavy atom. The highest BCUT2D eigenvalue weighted by Crippen LogP contribution is 2.08. The molecular weight excluding hydrogens is 333 g/mol. The van der Waals surface area contributed by atoms with E-state index in [0.717, 1.165) is 6.42 Å². The lowest BCUT2D eigenvalue weighted by atomic mass is 10.1. The Kier molecular flexibility index (Phi) is 6.43. The van der Waals surface area contributed by atoms with Crippen molar-refractivity contribution in [3.8, 4) is 5.75 Å². The van der Waals surface area contributed by atoms with Gasteiger partial charge in [0.05, 0.1) is 18.1 Å². The number of H-pyrrole nitrogens is 1. The van der Waals surface area contributed by atoms with Gasteiger partial charge in [-0.05, 0) is 30.7 Å². The van der Waals surface area contributed by atoms with Crippen LogP contribution in [0.25, 0.3) is 0 Å². The van der Waals surface area contributed by atoms with Crippen LogP contribution in [-0.4, -0.2) is 27.3 Å². The van der Waals surface area contributed by atoms with Crippen LogP contribution in [0.15, 0.2) is 41.3 Å². The van der Waals surface area contributed by atoms with Crippen molar-refractivity contribution in [2.75, 3.05) is 12.4 Å². The molecule has 0 aliphatic rings. The highest BCUT2D eigenvalue weighted by Gasteiger charge is 2.12. The molecule has 0 aliphatic carbocycles. The van der Waals surface area contributed by atoms with E-state index in [-0.39, 0.29) is 28.5 Å². The smallest absolute Gasteiger partial charge is 0.223 e. The Labute approximate surface area is 141 Å². The Bertz CT molecular complexity index is 786. The lowest BCUT2D eigenvalue weighted by molar-refractivity contribution is 0.102. The van der Waals surface area contributed by atoms with Gasteiger partial charge >= 0.3 is 0 Å². The highest BCUT2D eigenvalue weighted by atomic mass is 32.2. The minimum Gasteiger partial charge on any atom is -0.488 e. The predicted molar refractivity (Wildman–Crippen MR) is 90.3 cm³/mol. The highest BCUT2D eigenvalue weighted by molar-refractivity contribution is 7.85. The minimum absolute atomic E-state index is 0.0518. The monoisotopic (exact) mass is 351 g/mol. The van der Waals surface area contributed by atoms with Crippen LogP contribution in [0.5, 0.6) is 5.75 Å². The molecular formula is C17H18FNO4S. The summed E-state index contributed by atoms with van der Waals surface area (Å²) in [6.45, 7) is 2.38. The summed E-state index contributed by atoms with van der Waals surface area (Å²) in [5.74, 6) is -0.694. The molecule has 1 unspecified atom stereocenters. The first kappa shape index (κ1) is 18.1. The lowest BCUT2D eigenvalue weighted by Gasteiger charge is -2.06. The maximum Gasteiger partial charge on any atom is 0.223 e. The van der Waals surface area contributed by atoms with E-state index < -0.39 is 16.6 Å². The molecule has 0 bridgehead atoms. The minimum atomic E-state index is -1.48. The third kappa shape index (κ3) is 5.13. The van der Waals surface area contributed by atoms with Crippen molar-refractivity contribution in [1.29, 1.82) is 0 Å². The van der Waals surface area contributed by atoms with Gasteiger partial charge in [-0.2, -0.15) is 0 Å². The summed E-state index contributed by atoms with van der Waals surface area (Å²) >= 11 is 0. The van der Waals surface area contributed by atoms with Gasteiger partial charge in [-0.25, -0.2) is 4.39 Å². The molecule has 24 heavy (non-hydrogen) atoms. The zero-order valence-electron chi connectivity index (χ0n) is 13.2. The molecule has 1 aromatic carbocycles. The van der Waals surface area contributed by atoms with Gasteiger partial charge in [-0.1, -0.05) is 6.92 Å². The van der Waals surface area contributed by atoms with Crippen LogP contribution in [0.1, 0.15) is 29.4 Å². The lowest BCUT2D eigenvalue weighted by Crippen LogP contribution is -2.15. The van der Waals surface area contributed by atoms with Crippen molar-refractivity contribution < 1.29 is 18.1 Å². The van der Waals surface area contributed by atoms with E-state index in [4.69, 9.17) is 4.74 Å². The van der Waals surface area contributed by atoms with E-state index in [1.54, 1.807) is 0 Å². The molecule has 1 aromatic heterocycles. The number of ether oxygens (including phenoxy) is 1. The topological polar surface area (TPSA) is 76.2 Å². The molecule has 7 heteroatoms. The number of ketones is 1. The number of carbonyl (C=O) groups excluding carboxylic acids is 1. The standard InChI is InChI=1S/C17H18FNO4S/c1-2-7-23-17-9-19-14(8-15(17)20)10-24(22)11-16(21)12-3-5-13(18)6-4-12/h3-6,8-9H,2,7,10-11H2,1H3,(H,19,20). The molecule has 0 spiro atoms. The molecule has 5 nitrogen and oxygen atoms in total. The maximum absolute atomic E-state index is 12.8. The number of carbonyl (C=O) groups is 1. The third-order valence-corrected chi connectivity index (χ3v) is 4.39. The largest absolute Gasteiger partial charge is 0.488 e. The van der Waals surface area contributed by atoms with E-state index in [9.17, 15) is 18.2 Å². The summed E-state index contributed by atoms with van der Waals surface area (Å²) in [4.78, 5) is 26.7. The van der Waals surface area contributed by atoms with Crippen LogP contribution in [0, 0.1) is 5.82 Å². The van der Waals surface area contributed by atoms with Crippen LogP contribution >= 0.6 is 0 Å². The van der Waals surface area contributed by atoms with Gasteiger partial charge in [-0.3, -0.25) is 13.8 Å². The molecule has 0 amide bonds. The van der Waals surface area contributed by atoms with E-state index in [1.165, 1.54) is 36.5 Å². The summed E-state index contributed by atoms with van der Waals surface area (Å²) in [5.41, 5.74) is 0.481. The van der Waals surface area contributed by atoms with Gasteiger partial charge in [0.1, 0.15) is 5.82 Å². The van der Waals surface area contributed by atoms with Gasteiger partial charge in [0.25, 0.3) is 0 Å². The molecule has 2 rings (SSSR count). The fraction of sp³-hybridized carbons (Fsp3) is 0.294. The van der Waals surface area contributed by atoms with E-state index in [2.05, 4.69) is 4.98 Å². The van der Waals surface area contributed by atoms with Crippen LogP contribution in [0.2, 0.25) is 0 Å². The number of hydrogen-bond acceptors (Lipinski definition) is 4. The van der Waals surface area contributed by atoms with Gasteiger partial charge in [0.15, 0.2) is 11.5 Å². The summed E-state index contributed by atoms with van der Waals surface area (Å²) < 4.78 is 30.2. The summed E-state index contributed by atoms with van der Waals surface area (Å²) in [5, 5.41) is 0. The van der Waals surface area contributed by atoms with Crippen molar-refractivity contribution in [3.05, 3.63) is 63.8 Å². The molecule has 0 fully saturated rings. The molecule has 0 saturated carbocycles. The number of rotatable bonds is 8. The van der Waals surface area contributed by atoms with Crippen LogP contribution < -0.4 is 10.2 Å². The van der Waals surface area contributed by atoms with Gasteiger partial charge in [0, 0.05) is 34.3 Å². The number of pyridine rings is 1. The van der Waals surface area contributed by atoms with Crippen molar-refractivity contribution in [2.45, 2.75) is 19.1 Å². The quantitative estimate of drug-likeness (QED) is 0.741. The van der Waals surface area contributed by atoms with Crippen molar-refractivity contribution in [2.24, 2.45) is 0 Å². The van der Waals surface area contributed by atoms with Crippen LogP contribution in [0.3, 0.4) is 0 Å². The maximum atomic E-state index is 12.8. The molecule has 128 valence electrons. The fourth-order valence-corrected chi connectivity index (χ4v) is 3.07. The number of aromatic amines is 1. The molecule has 1 N–H and O–H groups in total. The van der Waals surface area contributed by atoms with Crippen molar-refractivity contribution in [3.63, 3.8) is 0 Å². The Morgan fingerprint density at radius 3 is 2.62 bits per heavy atom. The van der Waals surface area contributed by atoms with Crippen molar-refractivity contribution in [1.82, 2.24) is 4.98 Å². The molecule has 0 aliphatic heterocycles. The van der Waals surface area contributed by atoms with Crippen LogP contribution in [0.4, 0.5) is 4.39 Å². The van der Waals surface area contributed by atoms with Crippen LogP contribution in [-0.2, 0) is 16.6 Å². The number of aromatic nitrogens is 1. The molecule has 1 heterocycles. The fourth-order valence-electron chi connectivity index (χ4n) is 2.00. The summed E-state index contributed by atoms with van der Waals surface area (Å²) in [6, 6.07) is 6.41. The number of halogens is 1. The van der Waals surface area contributed by atoms with Gasteiger partial charge in [0.2, 0.25) is 5.43 Å². The van der Waals surface area contributed by atoms with E-state index in [1.807, 2.05) is 6.92 Å². The Hall–Kier alpha value is -2.28. The first-order valence-corrected chi connectivity index (χ1v) is 8.96. The zero-order chi connectivity index (χ0) is 17.5.